The molecule has 0 saturated heterocycles. The zero-order valence-corrected chi connectivity index (χ0v) is 11.4. The first-order valence-electron chi connectivity index (χ1n) is 4.51. The van der Waals surface area contributed by atoms with Gasteiger partial charge in [0, 0.05) is 14.6 Å². The summed E-state index contributed by atoms with van der Waals surface area (Å²) in [6.07, 6.45) is 0. The number of urea groups is 1. The van der Waals surface area contributed by atoms with Gasteiger partial charge in [0.05, 0.1) is 5.69 Å². The van der Waals surface area contributed by atoms with Crippen LogP contribution < -0.4 is 10.6 Å². The van der Waals surface area contributed by atoms with E-state index in [2.05, 4.69) is 33.2 Å². The van der Waals surface area contributed by atoms with E-state index in [-0.39, 0.29) is 12.1 Å². The molecule has 1 rings (SSSR count). The Labute approximate surface area is 108 Å². The van der Waals surface area contributed by atoms with Crippen LogP contribution >= 0.6 is 34.2 Å². The van der Waals surface area contributed by atoms with Crippen molar-refractivity contribution in [3.8, 4) is 0 Å². The number of halogens is 2. The third-order valence-electron chi connectivity index (χ3n) is 1.60. The molecule has 5 heteroatoms. The van der Waals surface area contributed by atoms with Gasteiger partial charge in [0.15, 0.2) is 0 Å². The Morgan fingerprint density at radius 1 is 1.47 bits per heavy atom. The molecule has 2 amide bonds. The van der Waals surface area contributed by atoms with E-state index in [0.29, 0.717) is 5.02 Å². The van der Waals surface area contributed by atoms with Crippen molar-refractivity contribution in [1.29, 1.82) is 0 Å². The van der Waals surface area contributed by atoms with Gasteiger partial charge in [0.1, 0.15) is 0 Å². The van der Waals surface area contributed by atoms with Gasteiger partial charge in [-0.2, -0.15) is 0 Å². The second-order valence-electron chi connectivity index (χ2n) is 3.38. The second-order valence-corrected chi connectivity index (χ2v) is 4.98. The van der Waals surface area contributed by atoms with Gasteiger partial charge in [0.25, 0.3) is 0 Å². The predicted molar refractivity (Wildman–Crippen MR) is 71.5 cm³/mol. The van der Waals surface area contributed by atoms with E-state index in [1.807, 2.05) is 13.8 Å². The normalized spacial score (nSPS) is 10.2. The van der Waals surface area contributed by atoms with Crippen LogP contribution in [0.25, 0.3) is 0 Å². The van der Waals surface area contributed by atoms with E-state index in [0.717, 1.165) is 9.26 Å². The van der Waals surface area contributed by atoms with Crippen LogP contribution in [0, 0.1) is 3.57 Å². The van der Waals surface area contributed by atoms with Crippen molar-refractivity contribution < 1.29 is 4.79 Å². The minimum absolute atomic E-state index is 0.120. The molecule has 0 aliphatic rings. The molecule has 2 N–H and O–H groups in total. The molecule has 0 aliphatic carbocycles. The van der Waals surface area contributed by atoms with E-state index < -0.39 is 0 Å². The summed E-state index contributed by atoms with van der Waals surface area (Å²) in [6, 6.07) is 5.24. The van der Waals surface area contributed by atoms with Gasteiger partial charge >= 0.3 is 6.03 Å². The SMILES string of the molecule is CC(C)NC(=O)Nc1ccc(Cl)cc1I. The number of hydrogen-bond donors (Lipinski definition) is 2. The first kappa shape index (κ1) is 12.6. The van der Waals surface area contributed by atoms with Crippen LogP contribution in [0.2, 0.25) is 5.02 Å². The van der Waals surface area contributed by atoms with Crippen molar-refractivity contribution >= 4 is 45.9 Å². The molecule has 3 nitrogen and oxygen atoms in total. The van der Waals surface area contributed by atoms with Crippen molar-refractivity contribution in [2.75, 3.05) is 5.32 Å². The lowest BCUT2D eigenvalue weighted by Gasteiger charge is -2.11. The van der Waals surface area contributed by atoms with Gasteiger partial charge in [-0.1, -0.05) is 11.6 Å². The molecule has 0 bridgehead atoms. The third kappa shape index (κ3) is 4.25. The molecule has 1 aromatic carbocycles. The predicted octanol–water partition coefficient (Wildman–Crippen LogP) is 3.47. The number of anilines is 1. The molecule has 0 saturated carbocycles. The van der Waals surface area contributed by atoms with Crippen LogP contribution in [0.5, 0.6) is 0 Å². The molecule has 0 heterocycles. The molecule has 0 atom stereocenters. The van der Waals surface area contributed by atoms with E-state index >= 15 is 0 Å². The van der Waals surface area contributed by atoms with Crippen LogP contribution in [0.4, 0.5) is 10.5 Å². The van der Waals surface area contributed by atoms with Crippen molar-refractivity contribution in [2.24, 2.45) is 0 Å². The maximum absolute atomic E-state index is 11.4. The number of rotatable bonds is 2. The first-order chi connectivity index (χ1) is 6.99. The summed E-state index contributed by atoms with van der Waals surface area (Å²) in [5.74, 6) is 0. The lowest BCUT2D eigenvalue weighted by molar-refractivity contribution is 0.250. The van der Waals surface area contributed by atoms with Crippen LogP contribution in [0.15, 0.2) is 18.2 Å². The average Bonchev–Trinajstić information content (AvgIpc) is 2.08. The quantitative estimate of drug-likeness (QED) is 0.797. The number of nitrogens with one attached hydrogen (secondary N) is 2. The fourth-order valence-corrected chi connectivity index (χ4v) is 2.02. The zero-order chi connectivity index (χ0) is 11.4. The smallest absolute Gasteiger partial charge is 0.319 e. The Morgan fingerprint density at radius 3 is 2.67 bits per heavy atom. The molecule has 1 aromatic rings. The fourth-order valence-electron chi connectivity index (χ4n) is 1.01. The summed E-state index contributed by atoms with van der Waals surface area (Å²) in [7, 11) is 0. The van der Waals surface area contributed by atoms with E-state index in [1.165, 1.54) is 0 Å². The maximum Gasteiger partial charge on any atom is 0.319 e. The van der Waals surface area contributed by atoms with Crippen molar-refractivity contribution in [1.82, 2.24) is 5.32 Å². The number of carbonyl (C=O) groups excluding carboxylic acids is 1. The first-order valence-corrected chi connectivity index (χ1v) is 5.97. The second kappa shape index (κ2) is 5.55. The molecule has 0 unspecified atom stereocenters. The number of carbonyl (C=O) groups is 1. The summed E-state index contributed by atoms with van der Waals surface area (Å²) < 4.78 is 0.916. The standard InChI is InChI=1S/C10H12ClIN2O/c1-6(2)13-10(15)14-9-4-3-7(11)5-8(9)12/h3-6H,1-2H3,(H2,13,14,15). The fraction of sp³-hybridized carbons (Fsp3) is 0.300. The average molecular weight is 339 g/mol. The Morgan fingerprint density at radius 2 is 2.13 bits per heavy atom. The Balaban J connectivity index is 2.68. The number of hydrogen-bond acceptors (Lipinski definition) is 1. The minimum Gasteiger partial charge on any atom is -0.336 e. The van der Waals surface area contributed by atoms with Crippen molar-refractivity contribution in [2.45, 2.75) is 19.9 Å². The summed E-state index contributed by atoms with van der Waals surface area (Å²) in [6.45, 7) is 3.82. The highest BCUT2D eigenvalue weighted by atomic mass is 127. The van der Waals surface area contributed by atoms with Crippen molar-refractivity contribution in [3.63, 3.8) is 0 Å². The highest BCUT2D eigenvalue weighted by molar-refractivity contribution is 14.1. The van der Waals surface area contributed by atoms with Crippen LogP contribution in [-0.2, 0) is 0 Å². The largest absolute Gasteiger partial charge is 0.336 e. The Bertz CT molecular complexity index is 368. The highest BCUT2D eigenvalue weighted by Crippen LogP contribution is 2.22. The monoisotopic (exact) mass is 338 g/mol. The lowest BCUT2D eigenvalue weighted by atomic mass is 10.3. The van der Waals surface area contributed by atoms with Gasteiger partial charge in [-0.3, -0.25) is 0 Å². The summed E-state index contributed by atoms with van der Waals surface area (Å²) in [4.78, 5) is 11.4. The van der Waals surface area contributed by atoms with E-state index in [4.69, 9.17) is 11.6 Å². The Hall–Kier alpha value is -0.490. The molecule has 0 radical (unpaired) electrons. The Kier molecular flexibility index (Phi) is 4.66. The number of benzene rings is 1. The van der Waals surface area contributed by atoms with Gasteiger partial charge in [-0.05, 0) is 54.6 Å². The molecule has 82 valence electrons. The maximum atomic E-state index is 11.4. The van der Waals surface area contributed by atoms with Gasteiger partial charge < -0.3 is 10.6 Å². The topological polar surface area (TPSA) is 41.1 Å². The van der Waals surface area contributed by atoms with Gasteiger partial charge in [-0.25, -0.2) is 4.79 Å². The summed E-state index contributed by atoms with van der Waals surface area (Å²) in [5.41, 5.74) is 0.762. The van der Waals surface area contributed by atoms with Crippen LogP contribution in [0.1, 0.15) is 13.8 Å². The van der Waals surface area contributed by atoms with Crippen LogP contribution in [-0.4, -0.2) is 12.1 Å². The minimum atomic E-state index is -0.203. The van der Waals surface area contributed by atoms with Gasteiger partial charge in [0.2, 0.25) is 0 Å². The van der Waals surface area contributed by atoms with Gasteiger partial charge in [-0.15, -0.1) is 0 Å². The molecule has 0 aromatic heterocycles. The molecular formula is C10H12ClIN2O. The van der Waals surface area contributed by atoms with E-state index in [1.54, 1.807) is 18.2 Å². The molecular weight excluding hydrogens is 326 g/mol. The molecule has 0 spiro atoms. The van der Waals surface area contributed by atoms with E-state index in [9.17, 15) is 4.79 Å². The molecule has 0 aliphatic heterocycles. The molecule has 0 fully saturated rings. The zero-order valence-electron chi connectivity index (χ0n) is 8.47. The number of amides is 2. The summed E-state index contributed by atoms with van der Waals surface area (Å²) >= 11 is 7.93. The van der Waals surface area contributed by atoms with Crippen LogP contribution in [0.3, 0.4) is 0 Å². The lowest BCUT2D eigenvalue weighted by Crippen LogP contribution is -2.34. The highest BCUT2D eigenvalue weighted by Gasteiger charge is 2.06. The van der Waals surface area contributed by atoms with Crippen molar-refractivity contribution in [3.05, 3.63) is 26.8 Å². The molecule has 15 heavy (non-hydrogen) atoms. The summed E-state index contributed by atoms with van der Waals surface area (Å²) in [5, 5.41) is 6.16. The third-order valence-corrected chi connectivity index (χ3v) is 2.73.